The van der Waals surface area contributed by atoms with E-state index in [2.05, 4.69) is 16.7 Å². The molecule has 34 heavy (non-hydrogen) atoms. The normalized spacial score (nSPS) is 17.7. The third kappa shape index (κ3) is 4.02. The van der Waals surface area contributed by atoms with Crippen LogP contribution < -0.4 is 9.46 Å². The van der Waals surface area contributed by atoms with Gasteiger partial charge in [-0.3, -0.25) is 0 Å². The third-order valence-corrected chi connectivity index (χ3v) is 7.81. The molecule has 1 aromatic heterocycles. The summed E-state index contributed by atoms with van der Waals surface area (Å²) in [6.07, 6.45) is 2.40. The van der Waals surface area contributed by atoms with Gasteiger partial charge in [0, 0.05) is 6.54 Å². The van der Waals surface area contributed by atoms with Crippen LogP contribution in [0.1, 0.15) is 30.0 Å². The maximum Gasteiger partial charge on any atom is 0.230 e. The van der Waals surface area contributed by atoms with Crippen LogP contribution in [0.15, 0.2) is 102 Å². The number of aromatic nitrogens is 2. The summed E-state index contributed by atoms with van der Waals surface area (Å²) in [5.41, 5.74) is 1.63. The van der Waals surface area contributed by atoms with Gasteiger partial charge >= 0.3 is 0 Å². The monoisotopic (exact) mass is 472 g/mol. The lowest BCUT2D eigenvalue weighted by atomic mass is 9.78. The second kappa shape index (κ2) is 9.08. The van der Waals surface area contributed by atoms with Crippen molar-refractivity contribution in [2.45, 2.75) is 30.3 Å². The van der Waals surface area contributed by atoms with Gasteiger partial charge in [0.25, 0.3) is 0 Å². The van der Waals surface area contributed by atoms with Gasteiger partial charge in [-0.25, -0.2) is 18.4 Å². The molecule has 174 valence electrons. The van der Waals surface area contributed by atoms with Crippen molar-refractivity contribution in [2.24, 2.45) is 5.92 Å². The van der Waals surface area contributed by atoms with Crippen LogP contribution in [0, 0.1) is 10.7 Å². The topological polar surface area (TPSA) is 80.0 Å². The minimum Gasteiger partial charge on any atom is -0.477 e. The molecule has 0 bridgehead atoms. The standard InChI is InChI=1S/C27H28N4O2S/c1-21-17-18-33-26-25(19-29-31(26)20-21)34(28,32)30-27(22-11-5-2-6-12-22,23-13-7-3-8-14-23)24-15-9-4-10-16-24/h2-16,19,21H,17-18,20H2,1H3,(H2,28,30,32). The Kier molecular flexibility index (Phi) is 5.98. The van der Waals surface area contributed by atoms with E-state index in [4.69, 9.17) is 9.52 Å². The molecule has 2 heterocycles. The van der Waals surface area contributed by atoms with Crippen molar-refractivity contribution in [3.05, 3.63) is 114 Å². The van der Waals surface area contributed by atoms with Gasteiger partial charge in [0.1, 0.15) is 20.3 Å². The summed E-state index contributed by atoms with van der Waals surface area (Å²) in [7, 11) is -3.55. The van der Waals surface area contributed by atoms with E-state index in [1.165, 1.54) is 6.20 Å². The van der Waals surface area contributed by atoms with Crippen molar-refractivity contribution >= 4 is 9.92 Å². The number of ether oxygens (including phenoxy) is 1. The van der Waals surface area contributed by atoms with E-state index in [9.17, 15) is 4.21 Å². The minimum absolute atomic E-state index is 0.272. The molecule has 0 saturated heterocycles. The fraction of sp³-hybridized carbons (Fsp3) is 0.222. The quantitative estimate of drug-likeness (QED) is 0.378. The SMILES string of the molecule is CC1CCOc2c(S(=N)(=O)NC(c3ccccc3)(c3ccccc3)c3ccccc3)cnn2C1. The van der Waals surface area contributed by atoms with Crippen LogP contribution in [0.3, 0.4) is 0 Å². The predicted octanol–water partition coefficient (Wildman–Crippen LogP) is 5.20. The predicted molar refractivity (Wildman–Crippen MR) is 133 cm³/mol. The number of hydrogen-bond donors (Lipinski definition) is 2. The summed E-state index contributed by atoms with van der Waals surface area (Å²) in [5.74, 6) is 0.806. The van der Waals surface area contributed by atoms with Crippen LogP contribution in [-0.2, 0) is 22.0 Å². The Morgan fingerprint density at radius 1 is 0.941 bits per heavy atom. The maximum atomic E-state index is 14.3. The van der Waals surface area contributed by atoms with Crippen molar-refractivity contribution in [1.82, 2.24) is 14.5 Å². The number of nitrogens with one attached hydrogen (secondary N) is 2. The Morgan fingerprint density at radius 3 is 1.94 bits per heavy atom. The molecule has 2 N–H and O–H groups in total. The van der Waals surface area contributed by atoms with Gasteiger partial charge in [0.05, 0.1) is 12.8 Å². The number of fused-ring (bicyclic) bond motifs is 1. The molecule has 0 aliphatic carbocycles. The Labute approximate surface area is 200 Å². The highest BCUT2D eigenvalue weighted by atomic mass is 32.2. The first kappa shape index (κ1) is 22.4. The van der Waals surface area contributed by atoms with Gasteiger partial charge < -0.3 is 4.74 Å². The van der Waals surface area contributed by atoms with Gasteiger partial charge in [0.15, 0.2) is 0 Å². The highest BCUT2D eigenvalue weighted by Gasteiger charge is 2.40. The highest BCUT2D eigenvalue weighted by Crippen LogP contribution is 2.39. The smallest absolute Gasteiger partial charge is 0.230 e. The number of nitrogens with zero attached hydrogens (tertiary/aromatic N) is 2. The van der Waals surface area contributed by atoms with Crippen LogP contribution in [0.5, 0.6) is 5.88 Å². The summed E-state index contributed by atoms with van der Waals surface area (Å²) in [6, 6.07) is 29.6. The molecule has 6 nitrogen and oxygen atoms in total. The zero-order valence-corrected chi connectivity index (χ0v) is 19.9. The van der Waals surface area contributed by atoms with Crippen molar-refractivity contribution in [3.8, 4) is 5.88 Å². The lowest BCUT2D eigenvalue weighted by Crippen LogP contribution is -2.47. The molecule has 2 atom stereocenters. The molecule has 5 rings (SSSR count). The zero-order valence-electron chi connectivity index (χ0n) is 19.1. The van der Waals surface area contributed by atoms with Gasteiger partial charge in [-0.1, -0.05) is 97.9 Å². The average Bonchev–Trinajstić information content (AvgIpc) is 3.18. The van der Waals surface area contributed by atoms with Crippen molar-refractivity contribution < 1.29 is 8.95 Å². The Hall–Kier alpha value is -3.42. The summed E-state index contributed by atoms with van der Waals surface area (Å²) in [4.78, 5) is 0.272. The molecular weight excluding hydrogens is 444 g/mol. The van der Waals surface area contributed by atoms with Crippen LogP contribution in [-0.4, -0.2) is 20.6 Å². The first-order valence-corrected chi connectivity index (χ1v) is 13.0. The van der Waals surface area contributed by atoms with Crippen LogP contribution >= 0.6 is 0 Å². The van der Waals surface area contributed by atoms with E-state index in [0.29, 0.717) is 24.9 Å². The molecule has 0 saturated carbocycles. The molecule has 1 aliphatic rings. The lowest BCUT2D eigenvalue weighted by Gasteiger charge is -2.37. The van der Waals surface area contributed by atoms with E-state index in [1.807, 2.05) is 91.0 Å². The molecule has 0 amide bonds. The summed E-state index contributed by atoms with van der Waals surface area (Å²) >= 11 is 0. The number of benzene rings is 3. The van der Waals surface area contributed by atoms with Crippen molar-refractivity contribution in [3.63, 3.8) is 0 Å². The molecule has 1 aliphatic heterocycles. The highest BCUT2D eigenvalue weighted by molar-refractivity contribution is 7.90. The van der Waals surface area contributed by atoms with Gasteiger partial charge in [-0.15, -0.1) is 0 Å². The van der Waals surface area contributed by atoms with Crippen LogP contribution in [0.4, 0.5) is 0 Å². The van der Waals surface area contributed by atoms with E-state index >= 15 is 0 Å². The molecular formula is C27H28N4O2S. The van der Waals surface area contributed by atoms with E-state index in [-0.39, 0.29) is 4.90 Å². The summed E-state index contributed by atoms with van der Waals surface area (Å²) in [5, 5.41) is 4.43. The van der Waals surface area contributed by atoms with E-state index < -0.39 is 15.5 Å². The largest absolute Gasteiger partial charge is 0.477 e. The number of hydrogen-bond acceptors (Lipinski definition) is 4. The molecule has 7 heteroatoms. The maximum absolute atomic E-state index is 14.3. The Balaban J connectivity index is 1.71. The summed E-state index contributed by atoms with van der Waals surface area (Å²) in [6.45, 7) is 3.32. The minimum atomic E-state index is -3.55. The van der Waals surface area contributed by atoms with Gasteiger partial charge in [-0.2, -0.15) is 5.10 Å². The van der Waals surface area contributed by atoms with Gasteiger partial charge in [0.2, 0.25) is 5.88 Å². The van der Waals surface area contributed by atoms with Crippen molar-refractivity contribution in [2.75, 3.05) is 6.61 Å². The second-order valence-corrected chi connectivity index (χ2v) is 10.5. The van der Waals surface area contributed by atoms with Gasteiger partial charge in [-0.05, 0) is 29.0 Å². The molecule has 2 unspecified atom stereocenters. The van der Waals surface area contributed by atoms with Crippen LogP contribution in [0.25, 0.3) is 0 Å². The van der Waals surface area contributed by atoms with Crippen molar-refractivity contribution in [1.29, 1.82) is 4.78 Å². The lowest BCUT2D eigenvalue weighted by molar-refractivity contribution is 0.288. The zero-order chi connectivity index (χ0) is 23.6. The van der Waals surface area contributed by atoms with E-state index in [0.717, 1.165) is 23.1 Å². The fourth-order valence-electron chi connectivity index (χ4n) is 4.58. The van der Waals surface area contributed by atoms with E-state index in [1.54, 1.807) is 4.68 Å². The Morgan fingerprint density at radius 2 is 1.44 bits per heavy atom. The first-order chi connectivity index (χ1) is 16.5. The molecule has 0 spiro atoms. The summed E-state index contributed by atoms with van der Waals surface area (Å²) < 4.78 is 34.4. The average molecular weight is 473 g/mol. The third-order valence-electron chi connectivity index (χ3n) is 6.32. The molecule has 3 aromatic carbocycles. The first-order valence-electron chi connectivity index (χ1n) is 11.4. The molecule has 0 fully saturated rings. The second-order valence-electron chi connectivity index (χ2n) is 8.74. The Bertz CT molecular complexity index is 1260. The number of rotatable bonds is 6. The molecule has 0 radical (unpaired) electrons. The fourth-order valence-corrected chi connectivity index (χ4v) is 6.09. The molecule has 4 aromatic rings. The van der Waals surface area contributed by atoms with Crippen LogP contribution in [0.2, 0.25) is 0 Å².